The van der Waals surface area contributed by atoms with Crippen molar-refractivity contribution in [1.29, 1.82) is 0 Å². The van der Waals surface area contributed by atoms with Crippen LogP contribution in [0.15, 0.2) is 24.3 Å². The van der Waals surface area contributed by atoms with Gasteiger partial charge in [0.05, 0.1) is 0 Å². The largest absolute Gasteiger partial charge is 0.372 e. The van der Waals surface area contributed by atoms with E-state index in [0.29, 0.717) is 6.04 Å². The number of rotatable bonds is 6. The molecule has 19 heavy (non-hydrogen) atoms. The van der Waals surface area contributed by atoms with Crippen LogP contribution in [0.1, 0.15) is 31.7 Å². The number of nitrogens with zero attached hydrogens (tertiary/aromatic N) is 1. The topological polar surface area (TPSA) is 15.3 Å². The van der Waals surface area contributed by atoms with Crippen molar-refractivity contribution >= 4 is 17.4 Å². The molecule has 1 aliphatic heterocycles. The maximum Gasteiger partial charge on any atom is 0.0366 e. The Kier molecular flexibility index (Phi) is 6.05. The van der Waals surface area contributed by atoms with Gasteiger partial charge in [0.25, 0.3) is 0 Å². The standard InChI is InChI=1S/C16H26N2S/c1-14(13-19-2)17-12-15-6-8-16(9-7-15)18-10-4-3-5-11-18/h6-9,14,17H,3-5,10-13H2,1-2H3. The molecule has 2 nitrogen and oxygen atoms in total. The summed E-state index contributed by atoms with van der Waals surface area (Å²) in [6, 6.07) is 9.67. The van der Waals surface area contributed by atoms with E-state index in [9.17, 15) is 0 Å². The Balaban J connectivity index is 1.83. The Morgan fingerprint density at radius 2 is 1.84 bits per heavy atom. The second-order valence-corrected chi connectivity index (χ2v) is 6.36. The molecule has 0 aromatic heterocycles. The summed E-state index contributed by atoms with van der Waals surface area (Å²) < 4.78 is 0. The molecule has 1 N–H and O–H groups in total. The molecule has 1 saturated heterocycles. The molecule has 106 valence electrons. The van der Waals surface area contributed by atoms with Crippen molar-refractivity contribution in [3.63, 3.8) is 0 Å². The van der Waals surface area contributed by atoms with Crippen molar-refractivity contribution in [3.05, 3.63) is 29.8 Å². The predicted molar refractivity (Wildman–Crippen MR) is 87.2 cm³/mol. The molecule has 2 rings (SSSR count). The van der Waals surface area contributed by atoms with Crippen LogP contribution >= 0.6 is 11.8 Å². The molecule has 0 radical (unpaired) electrons. The van der Waals surface area contributed by atoms with Crippen LogP contribution in [0.5, 0.6) is 0 Å². The minimum atomic E-state index is 0.580. The summed E-state index contributed by atoms with van der Waals surface area (Å²) in [5, 5.41) is 3.56. The molecular weight excluding hydrogens is 252 g/mol. The van der Waals surface area contributed by atoms with E-state index in [1.165, 1.54) is 49.4 Å². The van der Waals surface area contributed by atoms with Crippen molar-refractivity contribution in [2.75, 3.05) is 30.0 Å². The van der Waals surface area contributed by atoms with Gasteiger partial charge < -0.3 is 10.2 Å². The average Bonchev–Trinajstić information content (AvgIpc) is 2.47. The molecule has 1 unspecified atom stereocenters. The SMILES string of the molecule is CSCC(C)NCc1ccc(N2CCCCC2)cc1. The predicted octanol–water partition coefficient (Wildman–Crippen LogP) is 3.52. The second-order valence-electron chi connectivity index (χ2n) is 5.45. The molecule has 0 aliphatic carbocycles. The summed E-state index contributed by atoms with van der Waals surface area (Å²) in [5.74, 6) is 1.17. The van der Waals surface area contributed by atoms with Crippen LogP contribution in [0.4, 0.5) is 5.69 Å². The average molecular weight is 278 g/mol. The lowest BCUT2D eigenvalue weighted by molar-refractivity contribution is 0.577. The molecule has 3 heteroatoms. The van der Waals surface area contributed by atoms with Crippen LogP contribution in [0.3, 0.4) is 0 Å². The van der Waals surface area contributed by atoms with Gasteiger partial charge in [0, 0.05) is 37.1 Å². The Hall–Kier alpha value is -0.670. The first kappa shape index (κ1) is 14.7. The molecule has 1 aromatic rings. The molecule has 0 saturated carbocycles. The van der Waals surface area contributed by atoms with Crippen LogP contribution in [0.25, 0.3) is 0 Å². The first-order chi connectivity index (χ1) is 9.29. The molecule has 0 bridgehead atoms. The van der Waals surface area contributed by atoms with E-state index < -0.39 is 0 Å². The number of benzene rings is 1. The van der Waals surface area contributed by atoms with Crippen LogP contribution in [-0.2, 0) is 6.54 Å². The second kappa shape index (κ2) is 7.81. The quantitative estimate of drug-likeness (QED) is 0.857. The highest BCUT2D eigenvalue weighted by Gasteiger charge is 2.10. The van der Waals surface area contributed by atoms with E-state index in [1.807, 2.05) is 11.8 Å². The third-order valence-corrected chi connectivity index (χ3v) is 4.56. The van der Waals surface area contributed by atoms with Gasteiger partial charge in [0.15, 0.2) is 0 Å². The normalized spacial score (nSPS) is 17.5. The first-order valence-electron chi connectivity index (χ1n) is 7.36. The fraction of sp³-hybridized carbons (Fsp3) is 0.625. The smallest absolute Gasteiger partial charge is 0.0366 e. The molecular formula is C16H26N2S. The zero-order chi connectivity index (χ0) is 13.5. The lowest BCUT2D eigenvalue weighted by Gasteiger charge is -2.28. The maximum atomic E-state index is 3.56. The van der Waals surface area contributed by atoms with E-state index in [1.54, 1.807) is 0 Å². The monoisotopic (exact) mass is 278 g/mol. The van der Waals surface area contributed by atoms with Crippen molar-refractivity contribution < 1.29 is 0 Å². The van der Waals surface area contributed by atoms with Gasteiger partial charge in [-0.15, -0.1) is 0 Å². The zero-order valence-corrected chi connectivity index (χ0v) is 13.0. The molecule has 0 amide bonds. The van der Waals surface area contributed by atoms with Gasteiger partial charge in [-0.1, -0.05) is 12.1 Å². The number of anilines is 1. The van der Waals surface area contributed by atoms with Crippen molar-refractivity contribution in [2.24, 2.45) is 0 Å². The van der Waals surface area contributed by atoms with Gasteiger partial charge in [-0.2, -0.15) is 11.8 Å². The highest BCUT2D eigenvalue weighted by molar-refractivity contribution is 7.98. The summed E-state index contributed by atoms with van der Waals surface area (Å²) in [7, 11) is 0. The van der Waals surface area contributed by atoms with E-state index in [2.05, 4.69) is 47.7 Å². The zero-order valence-electron chi connectivity index (χ0n) is 12.2. The Labute approximate surface area is 122 Å². The van der Waals surface area contributed by atoms with E-state index in [4.69, 9.17) is 0 Å². The van der Waals surface area contributed by atoms with Gasteiger partial charge in [-0.3, -0.25) is 0 Å². The van der Waals surface area contributed by atoms with E-state index in [0.717, 1.165) is 6.54 Å². The Morgan fingerprint density at radius 1 is 1.16 bits per heavy atom. The fourth-order valence-electron chi connectivity index (χ4n) is 2.58. The number of hydrogen-bond donors (Lipinski definition) is 1. The number of hydrogen-bond acceptors (Lipinski definition) is 3. The summed E-state index contributed by atoms with van der Waals surface area (Å²) in [4.78, 5) is 2.51. The number of nitrogens with one attached hydrogen (secondary N) is 1. The third kappa shape index (κ3) is 4.73. The first-order valence-corrected chi connectivity index (χ1v) is 8.75. The van der Waals surface area contributed by atoms with Gasteiger partial charge in [0.2, 0.25) is 0 Å². The van der Waals surface area contributed by atoms with Crippen LogP contribution in [0.2, 0.25) is 0 Å². The molecule has 1 aromatic carbocycles. The highest BCUT2D eigenvalue weighted by atomic mass is 32.2. The third-order valence-electron chi connectivity index (χ3n) is 3.73. The molecule has 1 atom stereocenters. The van der Waals surface area contributed by atoms with Crippen molar-refractivity contribution in [3.8, 4) is 0 Å². The molecule has 1 heterocycles. The fourth-order valence-corrected chi connectivity index (χ4v) is 3.20. The lowest BCUT2D eigenvalue weighted by Crippen LogP contribution is -2.29. The van der Waals surface area contributed by atoms with E-state index >= 15 is 0 Å². The van der Waals surface area contributed by atoms with Gasteiger partial charge in [0.1, 0.15) is 0 Å². The lowest BCUT2D eigenvalue weighted by atomic mass is 10.1. The minimum absolute atomic E-state index is 0.580. The minimum Gasteiger partial charge on any atom is -0.372 e. The van der Waals surface area contributed by atoms with Gasteiger partial charge in [-0.05, 0) is 50.1 Å². The summed E-state index contributed by atoms with van der Waals surface area (Å²) in [6.45, 7) is 5.67. The Morgan fingerprint density at radius 3 is 2.47 bits per heavy atom. The summed E-state index contributed by atoms with van der Waals surface area (Å²) in [5.41, 5.74) is 2.77. The van der Waals surface area contributed by atoms with Crippen molar-refractivity contribution in [2.45, 2.75) is 38.8 Å². The number of piperidine rings is 1. The van der Waals surface area contributed by atoms with Crippen LogP contribution in [-0.4, -0.2) is 31.1 Å². The van der Waals surface area contributed by atoms with Crippen molar-refractivity contribution in [1.82, 2.24) is 5.32 Å². The summed E-state index contributed by atoms with van der Waals surface area (Å²) in [6.07, 6.45) is 6.24. The van der Waals surface area contributed by atoms with Gasteiger partial charge in [-0.25, -0.2) is 0 Å². The molecule has 1 aliphatic rings. The highest BCUT2D eigenvalue weighted by Crippen LogP contribution is 2.20. The van der Waals surface area contributed by atoms with Crippen LogP contribution in [0, 0.1) is 0 Å². The maximum absolute atomic E-state index is 3.56. The number of thioether (sulfide) groups is 1. The Bertz CT molecular complexity index is 358. The summed E-state index contributed by atoms with van der Waals surface area (Å²) >= 11 is 1.90. The van der Waals surface area contributed by atoms with Crippen LogP contribution < -0.4 is 10.2 Å². The molecule has 0 spiro atoms. The molecule has 1 fully saturated rings. The van der Waals surface area contributed by atoms with E-state index in [-0.39, 0.29) is 0 Å². The van der Waals surface area contributed by atoms with Gasteiger partial charge >= 0.3 is 0 Å².